The summed E-state index contributed by atoms with van der Waals surface area (Å²) >= 11 is 0. The van der Waals surface area contributed by atoms with Crippen LogP contribution in [0.25, 0.3) is 0 Å². The summed E-state index contributed by atoms with van der Waals surface area (Å²) < 4.78 is 5.60. The van der Waals surface area contributed by atoms with Crippen molar-refractivity contribution in [2.24, 2.45) is 5.92 Å². The quantitative estimate of drug-likeness (QED) is 0.827. The molecule has 25 heavy (non-hydrogen) atoms. The van der Waals surface area contributed by atoms with Gasteiger partial charge in [-0.05, 0) is 57.1 Å². The van der Waals surface area contributed by atoms with Crippen molar-refractivity contribution in [1.29, 1.82) is 0 Å². The summed E-state index contributed by atoms with van der Waals surface area (Å²) in [7, 11) is 0. The fourth-order valence-corrected chi connectivity index (χ4v) is 3.26. The maximum absolute atomic E-state index is 12.4. The molecular formula is C20H28N2O3. The Bertz CT molecular complexity index is 595. The number of ether oxygens (including phenoxy) is 1. The summed E-state index contributed by atoms with van der Waals surface area (Å²) in [6, 6.07) is 8.16. The highest BCUT2D eigenvalue weighted by Crippen LogP contribution is 2.23. The number of hydrogen-bond donors (Lipinski definition) is 1. The molecule has 1 unspecified atom stereocenters. The van der Waals surface area contributed by atoms with E-state index in [4.69, 9.17) is 4.74 Å². The lowest BCUT2D eigenvalue weighted by atomic mass is 9.93. The predicted octanol–water partition coefficient (Wildman–Crippen LogP) is 2.67. The van der Waals surface area contributed by atoms with Crippen LogP contribution in [0, 0.1) is 12.8 Å². The molecule has 1 saturated carbocycles. The predicted molar refractivity (Wildman–Crippen MR) is 96.4 cm³/mol. The van der Waals surface area contributed by atoms with Crippen molar-refractivity contribution >= 4 is 11.8 Å². The van der Waals surface area contributed by atoms with Gasteiger partial charge in [-0.25, -0.2) is 0 Å². The number of benzene rings is 1. The highest BCUT2D eigenvalue weighted by Gasteiger charge is 2.26. The number of likely N-dealkylation sites (tertiary alicyclic amines) is 1. The summed E-state index contributed by atoms with van der Waals surface area (Å²) in [5.41, 5.74) is 1.17. The van der Waals surface area contributed by atoms with Gasteiger partial charge in [0.05, 0.1) is 0 Å². The fraction of sp³-hybridized carbons (Fsp3) is 0.600. The molecule has 1 aliphatic carbocycles. The molecule has 0 aromatic heterocycles. The van der Waals surface area contributed by atoms with E-state index in [9.17, 15) is 9.59 Å². The van der Waals surface area contributed by atoms with Gasteiger partial charge >= 0.3 is 0 Å². The average molecular weight is 344 g/mol. The Hall–Kier alpha value is -2.04. The monoisotopic (exact) mass is 344 g/mol. The zero-order chi connectivity index (χ0) is 17.6. The number of aryl methyl sites for hydroxylation is 1. The summed E-state index contributed by atoms with van der Waals surface area (Å²) in [6.07, 6.45) is 5.78. The molecule has 5 heteroatoms. The number of piperidine rings is 1. The Morgan fingerprint density at radius 1 is 1.20 bits per heavy atom. The molecule has 1 aliphatic heterocycles. The summed E-state index contributed by atoms with van der Waals surface area (Å²) in [5.74, 6) is 1.34. The molecule has 0 radical (unpaired) electrons. The van der Waals surface area contributed by atoms with Crippen molar-refractivity contribution in [3.8, 4) is 5.75 Å². The van der Waals surface area contributed by atoms with Gasteiger partial charge in [-0.1, -0.05) is 17.7 Å². The second-order valence-electron chi connectivity index (χ2n) is 7.33. The van der Waals surface area contributed by atoms with E-state index in [0.29, 0.717) is 18.4 Å². The smallest absolute Gasteiger partial charge is 0.260 e. The number of carbonyl (C=O) groups is 2. The molecule has 2 fully saturated rings. The highest BCUT2D eigenvalue weighted by molar-refractivity contribution is 5.78. The first kappa shape index (κ1) is 17.8. The van der Waals surface area contributed by atoms with Crippen molar-refractivity contribution in [2.45, 2.75) is 51.5 Å². The van der Waals surface area contributed by atoms with E-state index in [2.05, 4.69) is 5.32 Å². The summed E-state index contributed by atoms with van der Waals surface area (Å²) in [4.78, 5) is 26.1. The van der Waals surface area contributed by atoms with Crippen LogP contribution in [-0.4, -0.2) is 42.5 Å². The SMILES string of the molecule is Cc1ccc(OCC(=O)N2CCCC(CCC(=O)NC3CC3)C2)cc1. The first-order valence-electron chi connectivity index (χ1n) is 9.37. The van der Waals surface area contributed by atoms with E-state index in [1.54, 1.807) is 0 Å². The van der Waals surface area contributed by atoms with Crippen LogP contribution in [0.5, 0.6) is 5.75 Å². The Labute approximate surface area is 149 Å². The van der Waals surface area contributed by atoms with E-state index in [1.165, 1.54) is 5.56 Å². The third-order valence-corrected chi connectivity index (χ3v) is 4.98. The lowest BCUT2D eigenvalue weighted by Crippen LogP contribution is -2.42. The van der Waals surface area contributed by atoms with Crippen LogP contribution in [0.1, 0.15) is 44.1 Å². The van der Waals surface area contributed by atoms with Gasteiger partial charge in [0, 0.05) is 25.6 Å². The van der Waals surface area contributed by atoms with E-state index in [1.807, 2.05) is 36.1 Å². The van der Waals surface area contributed by atoms with Crippen molar-refractivity contribution < 1.29 is 14.3 Å². The second kappa shape index (κ2) is 8.37. The van der Waals surface area contributed by atoms with Crippen molar-refractivity contribution in [1.82, 2.24) is 10.2 Å². The number of rotatable bonds is 7. The first-order chi connectivity index (χ1) is 12.1. The Morgan fingerprint density at radius 3 is 2.68 bits per heavy atom. The van der Waals surface area contributed by atoms with Gasteiger partial charge in [0.2, 0.25) is 5.91 Å². The molecule has 1 heterocycles. The second-order valence-corrected chi connectivity index (χ2v) is 7.33. The van der Waals surface area contributed by atoms with Crippen LogP contribution in [0.15, 0.2) is 24.3 Å². The first-order valence-corrected chi connectivity index (χ1v) is 9.37. The number of nitrogens with zero attached hydrogens (tertiary/aromatic N) is 1. The lowest BCUT2D eigenvalue weighted by molar-refractivity contribution is -0.135. The van der Waals surface area contributed by atoms with Gasteiger partial charge in [-0.15, -0.1) is 0 Å². The van der Waals surface area contributed by atoms with Crippen LogP contribution in [0.2, 0.25) is 0 Å². The molecule has 2 amide bonds. The lowest BCUT2D eigenvalue weighted by Gasteiger charge is -2.32. The topological polar surface area (TPSA) is 58.6 Å². The largest absolute Gasteiger partial charge is 0.484 e. The molecule has 136 valence electrons. The van der Waals surface area contributed by atoms with Crippen LogP contribution in [0.4, 0.5) is 0 Å². The van der Waals surface area contributed by atoms with Crippen LogP contribution in [-0.2, 0) is 9.59 Å². The standard InChI is InChI=1S/C20H28N2O3/c1-15-4-9-18(10-5-15)25-14-20(24)22-12-2-3-16(13-22)6-11-19(23)21-17-7-8-17/h4-5,9-10,16-17H,2-3,6-8,11-14H2,1H3,(H,21,23). The zero-order valence-electron chi connectivity index (χ0n) is 15.0. The fourth-order valence-electron chi connectivity index (χ4n) is 3.26. The van der Waals surface area contributed by atoms with Gasteiger partial charge in [-0.3, -0.25) is 9.59 Å². The molecule has 2 aliphatic rings. The molecule has 5 nitrogen and oxygen atoms in total. The molecule has 1 aromatic rings. The third kappa shape index (κ3) is 5.76. The van der Waals surface area contributed by atoms with Crippen LogP contribution >= 0.6 is 0 Å². The Kier molecular flexibility index (Phi) is 5.95. The van der Waals surface area contributed by atoms with Gasteiger partial charge < -0.3 is 15.0 Å². The third-order valence-electron chi connectivity index (χ3n) is 4.98. The molecule has 1 aromatic carbocycles. The number of hydrogen-bond acceptors (Lipinski definition) is 3. The van der Waals surface area contributed by atoms with Gasteiger partial charge in [0.1, 0.15) is 5.75 Å². The minimum absolute atomic E-state index is 0.0349. The van der Waals surface area contributed by atoms with Crippen LogP contribution < -0.4 is 10.1 Å². The number of carbonyl (C=O) groups excluding carboxylic acids is 2. The van der Waals surface area contributed by atoms with E-state index in [-0.39, 0.29) is 18.4 Å². The molecule has 0 spiro atoms. The van der Waals surface area contributed by atoms with E-state index < -0.39 is 0 Å². The molecule has 1 N–H and O–H groups in total. The molecule has 0 bridgehead atoms. The normalized spacial score (nSPS) is 20.2. The molecular weight excluding hydrogens is 316 g/mol. The summed E-state index contributed by atoms with van der Waals surface area (Å²) in [5, 5.41) is 3.03. The average Bonchev–Trinajstić information content (AvgIpc) is 3.43. The molecule has 3 rings (SSSR count). The number of nitrogens with one attached hydrogen (secondary N) is 1. The van der Waals surface area contributed by atoms with Gasteiger partial charge in [0.25, 0.3) is 5.91 Å². The van der Waals surface area contributed by atoms with Crippen LogP contribution in [0.3, 0.4) is 0 Å². The zero-order valence-corrected chi connectivity index (χ0v) is 15.0. The minimum atomic E-state index is 0.0349. The van der Waals surface area contributed by atoms with Crippen molar-refractivity contribution in [3.63, 3.8) is 0 Å². The maximum atomic E-state index is 12.4. The minimum Gasteiger partial charge on any atom is -0.484 e. The van der Waals surface area contributed by atoms with Gasteiger partial charge in [0.15, 0.2) is 6.61 Å². The highest BCUT2D eigenvalue weighted by atomic mass is 16.5. The molecule has 1 atom stereocenters. The van der Waals surface area contributed by atoms with E-state index in [0.717, 1.165) is 50.9 Å². The summed E-state index contributed by atoms with van der Waals surface area (Å²) in [6.45, 7) is 3.64. The maximum Gasteiger partial charge on any atom is 0.260 e. The van der Waals surface area contributed by atoms with Crippen molar-refractivity contribution in [2.75, 3.05) is 19.7 Å². The Balaban J connectivity index is 1.39. The van der Waals surface area contributed by atoms with Crippen molar-refractivity contribution in [3.05, 3.63) is 29.8 Å². The number of amides is 2. The van der Waals surface area contributed by atoms with Gasteiger partial charge in [-0.2, -0.15) is 0 Å². The molecule has 1 saturated heterocycles. The Morgan fingerprint density at radius 2 is 1.96 bits per heavy atom. The van der Waals surface area contributed by atoms with E-state index >= 15 is 0 Å².